The molecule has 2 saturated heterocycles. The van der Waals surface area contributed by atoms with E-state index in [0.717, 1.165) is 0 Å². The number of carboxylic acid groups (broad SMARTS) is 4. The van der Waals surface area contributed by atoms with Crippen molar-refractivity contribution in [1.29, 1.82) is 0 Å². The van der Waals surface area contributed by atoms with Crippen LogP contribution in [-0.2, 0) is 19.2 Å². The smallest absolute Gasteiger partial charge is 0.400 e. The molecule has 2 aliphatic rings. The molecule has 2 aromatic carbocycles. The lowest BCUT2D eigenvalue weighted by atomic mass is 9.65. The van der Waals surface area contributed by atoms with Gasteiger partial charge in [0.05, 0.1) is 33.6 Å². The van der Waals surface area contributed by atoms with Crippen LogP contribution in [0.5, 0.6) is 0 Å². The molecule has 2 aliphatic heterocycles. The zero-order chi connectivity index (χ0) is 35.5. The summed E-state index contributed by atoms with van der Waals surface area (Å²) in [4.78, 5) is 99.6. The van der Waals surface area contributed by atoms with E-state index in [1.165, 1.54) is 0 Å². The average Bonchev–Trinajstić information content (AvgIpc) is 2.94. The number of carbonyl (C=O) groups excluding carboxylic acids is 4. The van der Waals surface area contributed by atoms with E-state index in [1.807, 2.05) is 0 Å². The van der Waals surface area contributed by atoms with Crippen molar-refractivity contribution < 1.29 is 85.1 Å². The van der Waals surface area contributed by atoms with Crippen LogP contribution in [-0.4, -0.2) is 80.3 Å². The Kier molecular flexibility index (Phi) is 8.12. The number of nitrogens with zero attached hydrogens (tertiary/aromatic N) is 2. The first-order valence-electron chi connectivity index (χ1n) is 12.7. The predicted octanol–water partition coefficient (Wildman–Crippen LogP) is 3.05. The molecule has 2 fully saturated rings. The highest BCUT2D eigenvalue weighted by atomic mass is 19.4. The summed E-state index contributed by atoms with van der Waals surface area (Å²) in [6.45, 7) is 0. The summed E-state index contributed by atoms with van der Waals surface area (Å²) >= 11 is 0. The maximum Gasteiger partial charge on any atom is 0.400 e. The van der Waals surface area contributed by atoms with Crippen molar-refractivity contribution in [3.05, 3.63) is 58.7 Å². The Labute approximate surface area is 255 Å². The first-order chi connectivity index (χ1) is 21.5. The summed E-state index contributed by atoms with van der Waals surface area (Å²) < 4.78 is 85.6. The fraction of sp³-hybridized carbons (Fsp3) is 0.259. The van der Waals surface area contributed by atoms with Crippen molar-refractivity contribution in [2.24, 2.45) is 17.3 Å². The van der Waals surface area contributed by atoms with E-state index in [-0.39, 0.29) is 12.1 Å². The maximum atomic E-state index is 14.3. The standard InChI is InChI=1S/C27H16F6N2O12/c28-26(29,30)15-7-25(23(46)34(17(15)36)9-1-3-11(19(38)39)13(5-9)21(42)43)8-16(27(31,32)33)18(37)35(24(25)47)10-2-4-12(20(40)41)14(6-10)22(44)45/h1-6,15-16H,7-8H2,(H,38,39)(H,40,41)(H,42,43)(H,44,45). The number of imide groups is 2. The van der Waals surface area contributed by atoms with Crippen molar-refractivity contribution in [3.8, 4) is 0 Å². The number of halogens is 6. The summed E-state index contributed by atoms with van der Waals surface area (Å²) in [5.41, 5.74) is -9.98. The molecule has 0 aliphatic carbocycles. The van der Waals surface area contributed by atoms with Crippen LogP contribution < -0.4 is 9.80 Å². The monoisotopic (exact) mass is 674 g/mol. The van der Waals surface area contributed by atoms with Gasteiger partial charge < -0.3 is 20.4 Å². The summed E-state index contributed by atoms with van der Waals surface area (Å²) in [5, 5.41) is 37.4. The van der Waals surface area contributed by atoms with Gasteiger partial charge in [0.2, 0.25) is 23.6 Å². The van der Waals surface area contributed by atoms with Gasteiger partial charge in [-0.25, -0.2) is 29.0 Å². The minimum Gasteiger partial charge on any atom is -0.478 e. The number of rotatable bonds is 6. The summed E-state index contributed by atoms with van der Waals surface area (Å²) in [7, 11) is 0. The number of alkyl halides is 6. The van der Waals surface area contributed by atoms with Crippen LogP contribution in [0.25, 0.3) is 0 Å². The van der Waals surface area contributed by atoms with Gasteiger partial charge in [-0.3, -0.25) is 19.2 Å². The molecule has 47 heavy (non-hydrogen) atoms. The molecule has 4 N–H and O–H groups in total. The molecule has 4 rings (SSSR count). The Morgan fingerprint density at radius 1 is 0.574 bits per heavy atom. The lowest BCUT2D eigenvalue weighted by Crippen LogP contribution is -2.68. The molecular formula is C27H16F6N2O12. The van der Waals surface area contributed by atoms with Gasteiger partial charge in [0, 0.05) is 0 Å². The van der Waals surface area contributed by atoms with Crippen LogP contribution >= 0.6 is 0 Å². The van der Waals surface area contributed by atoms with Crippen LogP contribution in [0.1, 0.15) is 54.3 Å². The summed E-state index contributed by atoms with van der Waals surface area (Å²) in [6.07, 6.45) is -15.3. The third-order valence-corrected chi connectivity index (χ3v) is 7.60. The Morgan fingerprint density at radius 3 is 1.13 bits per heavy atom. The number of aromatic carboxylic acids is 4. The molecular weight excluding hydrogens is 658 g/mol. The number of piperidine rings is 2. The zero-order valence-corrected chi connectivity index (χ0v) is 22.8. The van der Waals surface area contributed by atoms with E-state index in [9.17, 15) is 85.1 Å². The van der Waals surface area contributed by atoms with Crippen molar-refractivity contribution >= 4 is 58.9 Å². The lowest BCUT2D eigenvalue weighted by molar-refractivity contribution is -0.204. The van der Waals surface area contributed by atoms with Crippen molar-refractivity contribution in [3.63, 3.8) is 0 Å². The Bertz CT molecular complexity index is 1670. The fourth-order valence-electron chi connectivity index (χ4n) is 5.41. The molecule has 2 atom stereocenters. The number of carboxylic acids is 4. The molecule has 248 valence electrons. The normalized spacial score (nSPS) is 22.1. The molecule has 4 amide bonds. The fourth-order valence-corrected chi connectivity index (χ4v) is 5.41. The van der Waals surface area contributed by atoms with Crippen LogP contribution in [0.15, 0.2) is 36.4 Å². The zero-order valence-electron chi connectivity index (χ0n) is 22.8. The van der Waals surface area contributed by atoms with E-state index >= 15 is 0 Å². The molecule has 2 aromatic rings. The van der Waals surface area contributed by atoms with Crippen molar-refractivity contribution in [1.82, 2.24) is 0 Å². The topological polar surface area (TPSA) is 224 Å². The van der Waals surface area contributed by atoms with Gasteiger partial charge in [0.25, 0.3) is 0 Å². The second kappa shape index (κ2) is 11.2. The van der Waals surface area contributed by atoms with Gasteiger partial charge in [-0.2, -0.15) is 26.3 Å². The van der Waals surface area contributed by atoms with Gasteiger partial charge in [0.1, 0.15) is 17.3 Å². The summed E-state index contributed by atoms with van der Waals surface area (Å²) in [6, 6.07) is 2.49. The van der Waals surface area contributed by atoms with E-state index < -0.39 is 133 Å². The van der Waals surface area contributed by atoms with E-state index in [0.29, 0.717) is 24.3 Å². The second-order valence-electron chi connectivity index (χ2n) is 10.3. The van der Waals surface area contributed by atoms with Crippen LogP contribution in [0, 0.1) is 17.3 Å². The molecule has 0 saturated carbocycles. The second-order valence-corrected chi connectivity index (χ2v) is 10.3. The molecule has 0 radical (unpaired) electrons. The van der Waals surface area contributed by atoms with Crippen LogP contribution in [0.2, 0.25) is 0 Å². The average molecular weight is 674 g/mol. The largest absolute Gasteiger partial charge is 0.478 e. The van der Waals surface area contributed by atoms with Gasteiger partial charge in [-0.05, 0) is 49.2 Å². The molecule has 0 aromatic heterocycles. The van der Waals surface area contributed by atoms with Gasteiger partial charge in [-0.15, -0.1) is 0 Å². The highest BCUT2D eigenvalue weighted by Crippen LogP contribution is 2.53. The lowest BCUT2D eigenvalue weighted by Gasteiger charge is -2.48. The number of hydrogen-bond donors (Lipinski definition) is 4. The minimum absolute atomic E-state index is 0.273. The molecule has 1 spiro atoms. The van der Waals surface area contributed by atoms with E-state index in [2.05, 4.69) is 0 Å². The molecule has 20 heteroatoms. The van der Waals surface area contributed by atoms with Crippen LogP contribution in [0.3, 0.4) is 0 Å². The van der Waals surface area contributed by atoms with Crippen molar-refractivity contribution in [2.45, 2.75) is 25.2 Å². The Hall–Kier alpha value is -5.82. The van der Waals surface area contributed by atoms with Crippen LogP contribution in [0.4, 0.5) is 37.7 Å². The number of benzene rings is 2. The molecule has 2 unspecified atom stereocenters. The SMILES string of the molecule is O=C(O)c1ccc(N2C(=O)C(C(F)(F)F)CC3(CC(C(F)(F)F)C(=O)N(c4ccc(C(=O)O)c(C(=O)O)c4)C3=O)C2=O)cc1C(=O)O. The molecule has 14 nitrogen and oxygen atoms in total. The molecule has 2 heterocycles. The Balaban J connectivity index is 2.02. The summed E-state index contributed by atoms with van der Waals surface area (Å²) in [5.74, 6) is -23.1. The number of carbonyl (C=O) groups is 8. The highest BCUT2D eigenvalue weighted by molar-refractivity contribution is 6.32. The number of anilines is 2. The maximum absolute atomic E-state index is 14.3. The predicted molar refractivity (Wildman–Crippen MR) is 136 cm³/mol. The number of hydrogen-bond acceptors (Lipinski definition) is 8. The molecule has 0 bridgehead atoms. The first kappa shape index (κ1) is 34.1. The van der Waals surface area contributed by atoms with Gasteiger partial charge in [-0.1, -0.05) is 0 Å². The third-order valence-electron chi connectivity index (χ3n) is 7.60. The van der Waals surface area contributed by atoms with Gasteiger partial charge >= 0.3 is 36.2 Å². The van der Waals surface area contributed by atoms with E-state index in [4.69, 9.17) is 0 Å². The number of amides is 4. The quantitative estimate of drug-likeness (QED) is 0.197. The highest BCUT2D eigenvalue weighted by Gasteiger charge is 2.69. The minimum atomic E-state index is -5.67. The third kappa shape index (κ3) is 5.61. The first-order valence-corrected chi connectivity index (χ1v) is 12.7. The Morgan fingerprint density at radius 2 is 0.872 bits per heavy atom. The van der Waals surface area contributed by atoms with Crippen molar-refractivity contribution in [2.75, 3.05) is 9.80 Å². The van der Waals surface area contributed by atoms with Gasteiger partial charge in [0.15, 0.2) is 0 Å². The van der Waals surface area contributed by atoms with E-state index in [1.54, 1.807) is 0 Å².